The molecular formula is C33H40F2O3. The number of halogens is 2. The van der Waals surface area contributed by atoms with Gasteiger partial charge in [-0.3, -0.25) is 0 Å². The zero-order valence-corrected chi connectivity index (χ0v) is 22.7. The molecule has 0 atom stereocenters. The first-order chi connectivity index (χ1) is 18.5. The summed E-state index contributed by atoms with van der Waals surface area (Å²) in [5.74, 6) is -2.03. The topological polar surface area (TPSA) is 46.5 Å². The molecule has 0 bridgehead atoms. The lowest BCUT2D eigenvalue weighted by Gasteiger charge is -2.17. The van der Waals surface area contributed by atoms with Crippen molar-refractivity contribution in [3.05, 3.63) is 77.4 Å². The van der Waals surface area contributed by atoms with Crippen LogP contribution in [0, 0.1) is 11.6 Å². The Hall–Kier alpha value is -3.21. The Morgan fingerprint density at radius 1 is 0.763 bits per heavy atom. The van der Waals surface area contributed by atoms with Gasteiger partial charge in [-0.15, -0.1) is 0 Å². The molecule has 0 aliphatic carbocycles. The third-order valence-corrected chi connectivity index (χ3v) is 6.93. The predicted octanol–water partition coefficient (Wildman–Crippen LogP) is 9.86. The minimum atomic E-state index is -1.04. The first-order valence-electron chi connectivity index (χ1n) is 14.0. The van der Waals surface area contributed by atoms with Gasteiger partial charge >= 0.3 is 5.97 Å². The molecule has 3 aromatic rings. The number of carbonyl (C=O) groups is 1. The molecule has 38 heavy (non-hydrogen) atoms. The lowest BCUT2D eigenvalue weighted by molar-refractivity contribution is 0.0697. The summed E-state index contributed by atoms with van der Waals surface area (Å²) < 4.78 is 37.2. The van der Waals surface area contributed by atoms with Gasteiger partial charge in [0.25, 0.3) is 0 Å². The highest BCUT2D eigenvalue weighted by Gasteiger charge is 2.21. The Balaban J connectivity index is 1.91. The van der Waals surface area contributed by atoms with Gasteiger partial charge in [-0.1, -0.05) is 89.5 Å². The Morgan fingerprint density at radius 2 is 1.39 bits per heavy atom. The summed E-state index contributed by atoms with van der Waals surface area (Å²) in [5, 5.41) is 9.25. The third-order valence-electron chi connectivity index (χ3n) is 6.93. The SMILES string of the molecule is CCCCCCCOc1ccc(-c2ccc(C(=O)O)cc2)c(-c2ccc(CCCCCCC)cc2F)c1F. The average Bonchev–Trinajstić information content (AvgIpc) is 2.91. The van der Waals surface area contributed by atoms with Crippen molar-refractivity contribution in [3.8, 4) is 28.0 Å². The molecule has 204 valence electrons. The molecule has 0 amide bonds. The molecule has 0 aliphatic heterocycles. The van der Waals surface area contributed by atoms with E-state index in [1.807, 2.05) is 6.07 Å². The van der Waals surface area contributed by atoms with Crippen LogP contribution in [-0.2, 0) is 6.42 Å². The van der Waals surface area contributed by atoms with Crippen LogP contribution in [0.3, 0.4) is 0 Å². The fourth-order valence-electron chi connectivity index (χ4n) is 4.70. The van der Waals surface area contributed by atoms with Crippen LogP contribution in [0.5, 0.6) is 5.75 Å². The van der Waals surface area contributed by atoms with Gasteiger partial charge in [0.15, 0.2) is 11.6 Å². The molecule has 0 saturated heterocycles. The minimum absolute atomic E-state index is 0.0980. The molecule has 0 aliphatic rings. The summed E-state index contributed by atoms with van der Waals surface area (Å²) in [7, 11) is 0. The van der Waals surface area contributed by atoms with E-state index < -0.39 is 17.6 Å². The number of rotatable bonds is 16. The van der Waals surface area contributed by atoms with E-state index in [-0.39, 0.29) is 22.4 Å². The second kappa shape index (κ2) is 15.3. The van der Waals surface area contributed by atoms with Crippen LogP contribution in [0.4, 0.5) is 8.78 Å². The summed E-state index contributed by atoms with van der Waals surface area (Å²) in [6, 6.07) is 14.5. The molecule has 3 aromatic carbocycles. The smallest absolute Gasteiger partial charge is 0.335 e. The highest BCUT2D eigenvalue weighted by atomic mass is 19.1. The van der Waals surface area contributed by atoms with E-state index in [4.69, 9.17) is 4.74 Å². The van der Waals surface area contributed by atoms with Crippen molar-refractivity contribution >= 4 is 5.97 Å². The number of carboxylic acid groups (broad SMARTS) is 1. The molecule has 0 heterocycles. The number of aryl methyl sites for hydroxylation is 1. The summed E-state index contributed by atoms with van der Waals surface area (Å²) >= 11 is 0. The summed E-state index contributed by atoms with van der Waals surface area (Å²) in [6.07, 6.45) is 11.7. The van der Waals surface area contributed by atoms with Crippen LogP contribution in [0.1, 0.15) is 94.0 Å². The molecule has 3 rings (SSSR count). The van der Waals surface area contributed by atoms with Gasteiger partial charge in [-0.25, -0.2) is 13.6 Å². The standard InChI is InChI=1S/C33H40F2O3/c1-3-5-7-9-11-13-24-14-19-28(29(34)23-24)31-27(25-15-17-26(18-16-25)33(36)37)20-21-30(32(31)35)38-22-12-10-8-6-4-2/h14-21,23H,3-13,22H2,1-2H3,(H,36,37). The van der Waals surface area contributed by atoms with Gasteiger partial charge in [0.05, 0.1) is 12.2 Å². The molecule has 0 aromatic heterocycles. The van der Waals surface area contributed by atoms with Crippen LogP contribution in [0.25, 0.3) is 22.3 Å². The van der Waals surface area contributed by atoms with Crippen LogP contribution in [0.2, 0.25) is 0 Å². The van der Waals surface area contributed by atoms with E-state index in [1.54, 1.807) is 30.3 Å². The maximum Gasteiger partial charge on any atom is 0.335 e. The zero-order valence-electron chi connectivity index (χ0n) is 22.7. The molecule has 0 unspecified atom stereocenters. The largest absolute Gasteiger partial charge is 0.490 e. The van der Waals surface area contributed by atoms with Gasteiger partial charge in [-0.05, 0) is 66.3 Å². The predicted molar refractivity (Wildman–Crippen MR) is 151 cm³/mol. The van der Waals surface area contributed by atoms with E-state index in [2.05, 4.69) is 13.8 Å². The monoisotopic (exact) mass is 522 g/mol. The zero-order chi connectivity index (χ0) is 27.3. The molecule has 3 nitrogen and oxygen atoms in total. The van der Waals surface area contributed by atoms with E-state index in [0.717, 1.165) is 50.5 Å². The number of unbranched alkanes of at least 4 members (excludes halogenated alkanes) is 8. The molecule has 0 saturated carbocycles. The summed E-state index contributed by atoms with van der Waals surface area (Å²) in [5.41, 5.74) is 2.42. The average molecular weight is 523 g/mol. The maximum atomic E-state index is 16.0. The van der Waals surface area contributed by atoms with Gasteiger partial charge in [0, 0.05) is 11.1 Å². The molecular weight excluding hydrogens is 482 g/mol. The van der Waals surface area contributed by atoms with Crippen LogP contribution >= 0.6 is 0 Å². The van der Waals surface area contributed by atoms with Gasteiger partial charge in [0.1, 0.15) is 5.82 Å². The van der Waals surface area contributed by atoms with Gasteiger partial charge in [0.2, 0.25) is 0 Å². The minimum Gasteiger partial charge on any atom is -0.490 e. The molecule has 5 heteroatoms. The van der Waals surface area contributed by atoms with E-state index in [1.165, 1.54) is 43.9 Å². The molecule has 0 spiro atoms. The van der Waals surface area contributed by atoms with Gasteiger partial charge < -0.3 is 9.84 Å². The lowest BCUT2D eigenvalue weighted by Crippen LogP contribution is -2.02. The number of benzene rings is 3. The normalized spacial score (nSPS) is 11.1. The lowest BCUT2D eigenvalue weighted by atomic mass is 9.92. The van der Waals surface area contributed by atoms with Crippen LogP contribution in [-0.4, -0.2) is 17.7 Å². The second-order valence-electron chi connectivity index (χ2n) is 9.92. The van der Waals surface area contributed by atoms with Crippen molar-refractivity contribution in [2.75, 3.05) is 6.61 Å². The van der Waals surface area contributed by atoms with E-state index in [0.29, 0.717) is 17.7 Å². The number of ether oxygens (including phenoxy) is 1. The van der Waals surface area contributed by atoms with E-state index >= 15 is 8.78 Å². The summed E-state index contributed by atoms with van der Waals surface area (Å²) in [4.78, 5) is 11.3. The first kappa shape index (κ1) is 29.3. The van der Waals surface area contributed by atoms with Gasteiger partial charge in [-0.2, -0.15) is 0 Å². The van der Waals surface area contributed by atoms with Crippen molar-refractivity contribution in [3.63, 3.8) is 0 Å². The third kappa shape index (κ3) is 8.14. The quantitative estimate of drug-likeness (QED) is 0.190. The maximum absolute atomic E-state index is 16.0. The van der Waals surface area contributed by atoms with Crippen molar-refractivity contribution in [1.82, 2.24) is 0 Å². The first-order valence-corrected chi connectivity index (χ1v) is 14.0. The Morgan fingerprint density at radius 3 is 2.03 bits per heavy atom. The second-order valence-corrected chi connectivity index (χ2v) is 9.92. The molecule has 0 radical (unpaired) electrons. The highest BCUT2D eigenvalue weighted by Crippen LogP contribution is 2.40. The Bertz CT molecular complexity index is 1170. The highest BCUT2D eigenvalue weighted by molar-refractivity contribution is 5.90. The van der Waals surface area contributed by atoms with Crippen molar-refractivity contribution in [2.24, 2.45) is 0 Å². The Labute approximate surface area is 225 Å². The summed E-state index contributed by atoms with van der Waals surface area (Å²) in [6.45, 7) is 4.73. The number of hydrogen-bond acceptors (Lipinski definition) is 2. The number of carboxylic acids is 1. The van der Waals surface area contributed by atoms with Crippen molar-refractivity contribution in [2.45, 2.75) is 84.5 Å². The molecule has 0 fully saturated rings. The van der Waals surface area contributed by atoms with Crippen molar-refractivity contribution in [1.29, 1.82) is 0 Å². The van der Waals surface area contributed by atoms with Crippen molar-refractivity contribution < 1.29 is 23.4 Å². The van der Waals surface area contributed by atoms with Crippen LogP contribution in [0.15, 0.2) is 54.6 Å². The molecule has 1 N–H and O–H groups in total. The Kier molecular flexibility index (Phi) is 11.8. The van der Waals surface area contributed by atoms with E-state index in [9.17, 15) is 9.90 Å². The fraction of sp³-hybridized carbons (Fsp3) is 0.424. The fourth-order valence-corrected chi connectivity index (χ4v) is 4.70. The number of hydrogen-bond donors (Lipinski definition) is 1. The number of aromatic carboxylic acids is 1. The van der Waals surface area contributed by atoms with Crippen LogP contribution < -0.4 is 4.74 Å².